The lowest BCUT2D eigenvalue weighted by molar-refractivity contribution is -0.130. The first-order chi connectivity index (χ1) is 7.79. The van der Waals surface area contributed by atoms with Gasteiger partial charge in [-0.05, 0) is 32.2 Å². The Morgan fingerprint density at radius 1 is 1.47 bits per heavy atom. The van der Waals surface area contributed by atoms with Gasteiger partial charge in [0.1, 0.15) is 9.84 Å². The Balaban J connectivity index is 2.28. The standard InChI is InChI=1S/C11H22N2O3S/c1-9(8-17(3,15)16)13(2)11(14)7-12-6-10-4-5-10/h9-10,12H,4-8H2,1-3H3. The van der Waals surface area contributed by atoms with E-state index in [1.165, 1.54) is 24.0 Å². The quantitative estimate of drug-likeness (QED) is 0.694. The van der Waals surface area contributed by atoms with Crippen LogP contribution in [0.1, 0.15) is 19.8 Å². The van der Waals surface area contributed by atoms with Crippen LogP contribution in [0.4, 0.5) is 0 Å². The van der Waals surface area contributed by atoms with Crippen LogP contribution in [0.5, 0.6) is 0 Å². The molecule has 1 N–H and O–H groups in total. The Bertz CT molecular complexity index is 363. The van der Waals surface area contributed by atoms with Crippen molar-refractivity contribution in [2.24, 2.45) is 5.92 Å². The molecule has 1 fully saturated rings. The molecule has 0 aliphatic heterocycles. The highest BCUT2D eigenvalue weighted by molar-refractivity contribution is 7.90. The highest BCUT2D eigenvalue weighted by Gasteiger charge is 2.22. The molecule has 5 nitrogen and oxygen atoms in total. The molecule has 1 unspecified atom stereocenters. The first-order valence-electron chi connectivity index (χ1n) is 5.93. The van der Waals surface area contributed by atoms with Gasteiger partial charge in [0, 0.05) is 19.3 Å². The Hall–Kier alpha value is -0.620. The molecular weight excluding hydrogens is 240 g/mol. The minimum Gasteiger partial charge on any atom is -0.341 e. The van der Waals surface area contributed by atoms with Gasteiger partial charge in [-0.25, -0.2) is 8.42 Å². The van der Waals surface area contributed by atoms with Crippen molar-refractivity contribution in [1.29, 1.82) is 0 Å². The van der Waals surface area contributed by atoms with E-state index in [1.807, 2.05) is 0 Å². The van der Waals surface area contributed by atoms with Crippen LogP contribution in [-0.2, 0) is 14.6 Å². The molecule has 0 aromatic rings. The van der Waals surface area contributed by atoms with E-state index in [0.717, 1.165) is 12.5 Å². The van der Waals surface area contributed by atoms with E-state index < -0.39 is 9.84 Å². The van der Waals surface area contributed by atoms with Crippen LogP contribution in [0.2, 0.25) is 0 Å². The Labute approximate surface area is 103 Å². The first-order valence-corrected chi connectivity index (χ1v) is 7.99. The minimum atomic E-state index is -3.04. The molecule has 1 atom stereocenters. The fraction of sp³-hybridized carbons (Fsp3) is 0.909. The third-order valence-corrected chi connectivity index (χ3v) is 4.09. The molecule has 1 aliphatic rings. The second kappa shape index (κ2) is 5.82. The van der Waals surface area contributed by atoms with Crippen LogP contribution in [0, 0.1) is 5.92 Å². The maximum Gasteiger partial charge on any atom is 0.236 e. The summed E-state index contributed by atoms with van der Waals surface area (Å²) in [5.74, 6) is 0.695. The number of nitrogens with one attached hydrogen (secondary N) is 1. The average Bonchev–Trinajstić information content (AvgIpc) is 2.97. The van der Waals surface area contributed by atoms with Crippen LogP contribution in [0.3, 0.4) is 0 Å². The normalized spacial score (nSPS) is 17.8. The molecule has 100 valence electrons. The summed E-state index contributed by atoms with van der Waals surface area (Å²) >= 11 is 0. The van der Waals surface area contributed by atoms with Crippen molar-refractivity contribution in [2.75, 3.05) is 32.1 Å². The van der Waals surface area contributed by atoms with Gasteiger partial charge < -0.3 is 10.2 Å². The smallest absolute Gasteiger partial charge is 0.236 e. The predicted molar refractivity (Wildman–Crippen MR) is 67.5 cm³/mol. The second-order valence-electron chi connectivity index (χ2n) is 5.02. The Morgan fingerprint density at radius 2 is 2.06 bits per heavy atom. The zero-order valence-electron chi connectivity index (χ0n) is 10.8. The van der Waals surface area contributed by atoms with Crippen molar-refractivity contribution >= 4 is 15.7 Å². The van der Waals surface area contributed by atoms with Crippen molar-refractivity contribution in [2.45, 2.75) is 25.8 Å². The fourth-order valence-corrected chi connectivity index (χ4v) is 2.73. The fourth-order valence-electron chi connectivity index (χ4n) is 1.63. The van der Waals surface area contributed by atoms with E-state index in [4.69, 9.17) is 0 Å². The average molecular weight is 262 g/mol. The monoisotopic (exact) mass is 262 g/mol. The summed E-state index contributed by atoms with van der Waals surface area (Å²) in [6, 6.07) is -0.278. The van der Waals surface area contributed by atoms with E-state index >= 15 is 0 Å². The maximum atomic E-state index is 11.7. The number of sulfone groups is 1. The molecule has 0 bridgehead atoms. The number of hydrogen-bond donors (Lipinski definition) is 1. The number of likely N-dealkylation sites (N-methyl/N-ethyl adjacent to an activating group) is 1. The summed E-state index contributed by atoms with van der Waals surface area (Å²) in [7, 11) is -1.39. The molecular formula is C11H22N2O3S. The Morgan fingerprint density at radius 3 is 2.53 bits per heavy atom. The van der Waals surface area contributed by atoms with Crippen molar-refractivity contribution in [3.05, 3.63) is 0 Å². The molecule has 0 radical (unpaired) electrons. The maximum absolute atomic E-state index is 11.7. The number of carbonyl (C=O) groups is 1. The lowest BCUT2D eigenvalue weighted by Gasteiger charge is -2.24. The third-order valence-electron chi connectivity index (χ3n) is 3.00. The molecule has 1 rings (SSSR count). The second-order valence-corrected chi connectivity index (χ2v) is 7.21. The molecule has 6 heteroatoms. The zero-order valence-corrected chi connectivity index (χ0v) is 11.6. The van der Waals surface area contributed by atoms with Crippen LogP contribution < -0.4 is 5.32 Å². The van der Waals surface area contributed by atoms with E-state index in [9.17, 15) is 13.2 Å². The molecule has 0 saturated heterocycles. The molecule has 1 amide bonds. The van der Waals surface area contributed by atoms with E-state index in [0.29, 0.717) is 6.54 Å². The van der Waals surface area contributed by atoms with Crippen LogP contribution in [0.15, 0.2) is 0 Å². The summed E-state index contributed by atoms with van der Waals surface area (Å²) in [5.41, 5.74) is 0. The van der Waals surface area contributed by atoms with Crippen LogP contribution in [0.25, 0.3) is 0 Å². The molecule has 1 aliphatic carbocycles. The summed E-state index contributed by atoms with van der Waals surface area (Å²) in [6.07, 6.45) is 3.69. The summed E-state index contributed by atoms with van der Waals surface area (Å²) in [6.45, 7) is 2.93. The summed E-state index contributed by atoms with van der Waals surface area (Å²) in [5, 5.41) is 3.11. The van der Waals surface area contributed by atoms with Gasteiger partial charge in [0.05, 0.1) is 12.3 Å². The predicted octanol–water partition coefficient (Wildman–Crippen LogP) is -0.122. The summed E-state index contributed by atoms with van der Waals surface area (Å²) in [4.78, 5) is 13.2. The largest absolute Gasteiger partial charge is 0.341 e. The lowest BCUT2D eigenvalue weighted by Crippen LogP contribution is -2.43. The van der Waals surface area contributed by atoms with E-state index in [2.05, 4.69) is 5.32 Å². The van der Waals surface area contributed by atoms with Crippen LogP contribution >= 0.6 is 0 Å². The molecule has 0 aromatic heterocycles. The molecule has 0 heterocycles. The van der Waals surface area contributed by atoms with Gasteiger partial charge in [-0.15, -0.1) is 0 Å². The highest BCUT2D eigenvalue weighted by Crippen LogP contribution is 2.27. The lowest BCUT2D eigenvalue weighted by atomic mass is 10.3. The van der Waals surface area contributed by atoms with E-state index in [-0.39, 0.29) is 17.7 Å². The number of carbonyl (C=O) groups excluding carboxylic acids is 1. The molecule has 0 spiro atoms. The van der Waals surface area contributed by atoms with E-state index in [1.54, 1.807) is 14.0 Å². The van der Waals surface area contributed by atoms with Gasteiger partial charge in [-0.1, -0.05) is 0 Å². The first kappa shape index (κ1) is 14.4. The number of hydrogen-bond acceptors (Lipinski definition) is 4. The van der Waals surface area contributed by atoms with Gasteiger partial charge in [0.2, 0.25) is 5.91 Å². The van der Waals surface area contributed by atoms with Crippen molar-refractivity contribution in [1.82, 2.24) is 10.2 Å². The minimum absolute atomic E-state index is 0.0118. The van der Waals surface area contributed by atoms with Gasteiger partial charge >= 0.3 is 0 Å². The number of nitrogens with zero attached hydrogens (tertiary/aromatic N) is 1. The van der Waals surface area contributed by atoms with Gasteiger partial charge in [0.25, 0.3) is 0 Å². The van der Waals surface area contributed by atoms with Crippen molar-refractivity contribution in [3.8, 4) is 0 Å². The number of rotatable bonds is 7. The molecule has 0 aromatic carbocycles. The van der Waals surface area contributed by atoms with Crippen molar-refractivity contribution < 1.29 is 13.2 Å². The van der Waals surface area contributed by atoms with Gasteiger partial charge in [-0.3, -0.25) is 4.79 Å². The summed E-state index contributed by atoms with van der Waals surface area (Å²) < 4.78 is 22.3. The van der Waals surface area contributed by atoms with Gasteiger partial charge in [-0.2, -0.15) is 0 Å². The van der Waals surface area contributed by atoms with Gasteiger partial charge in [0.15, 0.2) is 0 Å². The topological polar surface area (TPSA) is 66.5 Å². The Kier molecular flexibility index (Phi) is 4.94. The SMILES string of the molecule is CC(CS(C)(=O)=O)N(C)C(=O)CNCC1CC1. The molecule has 1 saturated carbocycles. The zero-order chi connectivity index (χ0) is 13.1. The highest BCUT2D eigenvalue weighted by atomic mass is 32.2. The third kappa shape index (κ3) is 6.02. The van der Waals surface area contributed by atoms with Crippen LogP contribution in [-0.4, -0.2) is 57.4 Å². The number of amides is 1. The van der Waals surface area contributed by atoms with Crippen molar-refractivity contribution in [3.63, 3.8) is 0 Å². The molecule has 17 heavy (non-hydrogen) atoms.